The number of nitrogens with one attached hydrogen (secondary N) is 1. The Morgan fingerprint density at radius 3 is 2.58 bits per heavy atom. The van der Waals surface area contributed by atoms with Crippen molar-refractivity contribution >= 4 is 22.8 Å². The molecule has 0 bridgehead atoms. The summed E-state index contributed by atoms with van der Waals surface area (Å²) in [5.41, 5.74) is 2.99. The number of ether oxygens (including phenoxy) is 1. The minimum Gasteiger partial charge on any atom is -0.497 e. The monoisotopic (exact) mass is 456 g/mol. The number of benzene rings is 1. The summed E-state index contributed by atoms with van der Waals surface area (Å²) in [5.74, 6) is 0.823. The van der Waals surface area contributed by atoms with Crippen molar-refractivity contribution in [2.24, 2.45) is 7.05 Å². The van der Waals surface area contributed by atoms with Crippen molar-refractivity contribution < 1.29 is 19.4 Å². The number of hydrogen-bond donors (Lipinski definition) is 2. The Morgan fingerprint density at radius 1 is 1.24 bits per heavy atom. The number of fused-ring (bicyclic) bond motifs is 4. The van der Waals surface area contributed by atoms with E-state index in [1.54, 1.807) is 7.11 Å². The molecule has 2 aliphatic heterocycles. The Hall–Kier alpha value is -2.74. The number of aliphatic hydroxyl groups excluding tert-OH is 1. The Morgan fingerprint density at radius 2 is 1.97 bits per heavy atom. The van der Waals surface area contributed by atoms with Crippen molar-refractivity contribution in [1.82, 2.24) is 19.7 Å². The number of aliphatic hydroxyl groups is 1. The molecule has 1 spiro atoms. The highest BCUT2D eigenvalue weighted by Crippen LogP contribution is 2.50. The number of nitrogens with zero attached hydrogens (tertiary/aromatic N) is 3. The van der Waals surface area contributed by atoms with Gasteiger partial charge in [-0.15, -0.1) is 0 Å². The zero-order valence-corrected chi connectivity index (χ0v) is 20.2. The second-order valence-corrected chi connectivity index (χ2v) is 9.28. The van der Waals surface area contributed by atoms with Crippen LogP contribution in [0.3, 0.4) is 0 Å². The molecule has 3 amide bonds. The summed E-state index contributed by atoms with van der Waals surface area (Å²) in [4.78, 5) is 29.3. The summed E-state index contributed by atoms with van der Waals surface area (Å²) in [5, 5.41) is 14.5. The molecule has 4 rings (SSSR count). The molecule has 0 saturated carbocycles. The molecule has 2 N–H and O–H groups in total. The third-order valence-corrected chi connectivity index (χ3v) is 7.48. The van der Waals surface area contributed by atoms with Gasteiger partial charge in [-0.05, 0) is 37.0 Å². The van der Waals surface area contributed by atoms with Gasteiger partial charge in [-0.1, -0.05) is 13.8 Å². The van der Waals surface area contributed by atoms with E-state index in [9.17, 15) is 14.7 Å². The summed E-state index contributed by atoms with van der Waals surface area (Å²) in [7, 11) is 3.66. The fraction of sp³-hybridized carbons (Fsp3) is 0.600. The van der Waals surface area contributed by atoms with Crippen LogP contribution < -0.4 is 10.1 Å². The average Bonchev–Trinajstić information content (AvgIpc) is 3.15. The number of piperidine rings is 1. The molecule has 1 aromatic carbocycles. The second-order valence-electron chi connectivity index (χ2n) is 9.28. The quantitative estimate of drug-likeness (QED) is 0.724. The molecular weight excluding hydrogens is 420 g/mol. The van der Waals surface area contributed by atoms with Crippen LogP contribution in [0.15, 0.2) is 18.2 Å². The lowest BCUT2D eigenvalue weighted by atomic mass is 9.68. The molecule has 0 radical (unpaired) electrons. The van der Waals surface area contributed by atoms with Crippen LogP contribution in [0.1, 0.15) is 56.8 Å². The van der Waals surface area contributed by atoms with E-state index in [0.717, 1.165) is 41.6 Å². The Bertz CT molecular complexity index is 1040. The van der Waals surface area contributed by atoms with E-state index in [2.05, 4.69) is 16.0 Å². The van der Waals surface area contributed by atoms with Gasteiger partial charge in [0.25, 0.3) is 0 Å². The highest BCUT2D eigenvalue weighted by atomic mass is 16.5. The zero-order valence-electron chi connectivity index (χ0n) is 20.2. The molecule has 1 atom stereocenters. The van der Waals surface area contributed by atoms with Crippen LogP contribution in [-0.2, 0) is 17.3 Å². The highest BCUT2D eigenvalue weighted by molar-refractivity contribution is 5.89. The van der Waals surface area contributed by atoms with Crippen LogP contribution >= 0.6 is 0 Å². The number of carbonyl (C=O) groups is 2. The van der Waals surface area contributed by atoms with Crippen LogP contribution in [0.4, 0.5) is 4.79 Å². The summed E-state index contributed by atoms with van der Waals surface area (Å²) in [6.07, 6.45) is 2.85. The van der Waals surface area contributed by atoms with Gasteiger partial charge in [-0.25, -0.2) is 4.79 Å². The van der Waals surface area contributed by atoms with Gasteiger partial charge in [0, 0.05) is 62.2 Å². The lowest BCUT2D eigenvalue weighted by Crippen LogP contribution is -2.57. The predicted octanol–water partition coefficient (Wildman–Crippen LogP) is 2.93. The lowest BCUT2D eigenvalue weighted by molar-refractivity contribution is -0.137. The van der Waals surface area contributed by atoms with E-state index < -0.39 is 0 Å². The number of methoxy groups -OCH3 is 1. The Labute approximate surface area is 195 Å². The molecule has 1 fully saturated rings. The molecule has 1 aromatic heterocycles. The normalized spacial score (nSPS) is 19.6. The van der Waals surface area contributed by atoms with Gasteiger partial charge in [0.2, 0.25) is 5.91 Å². The average molecular weight is 457 g/mol. The molecule has 0 unspecified atom stereocenters. The third kappa shape index (κ3) is 3.84. The number of likely N-dealkylation sites (tertiary alicyclic amines) is 1. The molecular formula is C25H36N4O4. The topological polar surface area (TPSA) is 87.0 Å². The summed E-state index contributed by atoms with van der Waals surface area (Å²) in [6.45, 7) is 6.30. The van der Waals surface area contributed by atoms with E-state index in [1.807, 2.05) is 42.8 Å². The minimum absolute atomic E-state index is 0.0138. The fourth-order valence-corrected chi connectivity index (χ4v) is 5.71. The van der Waals surface area contributed by atoms with Crippen LogP contribution in [0.5, 0.6) is 5.75 Å². The summed E-state index contributed by atoms with van der Waals surface area (Å²) in [6, 6.07) is 5.70. The molecule has 2 aliphatic rings. The van der Waals surface area contributed by atoms with Crippen molar-refractivity contribution in [3.8, 4) is 5.75 Å². The number of amides is 3. The van der Waals surface area contributed by atoms with E-state index in [0.29, 0.717) is 32.6 Å². The van der Waals surface area contributed by atoms with Gasteiger partial charge in [0.15, 0.2) is 0 Å². The van der Waals surface area contributed by atoms with E-state index in [1.165, 1.54) is 5.56 Å². The molecule has 8 nitrogen and oxygen atoms in total. The van der Waals surface area contributed by atoms with Crippen LogP contribution in [0.25, 0.3) is 10.9 Å². The van der Waals surface area contributed by atoms with E-state index >= 15 is 0 Å². The number of carbonyl (C=O) groups excluding carboxylic acids is 2. The lowest BCUT2D eigenvalue weighted by Gasteiger charge is -2.50. The van der Waals surface area contributed by atoms with Crippen molar-refractivity contribution in [1.29, 1.82) is 0 Å². The van der Waals surface area contributed by atoms with E-state index in [-0.39, 0.29) is 30.0 Å². The molecule has 3 heterocycles. The first-order chi connectivity index (χ1) is 15.9. The number of aromatic nitrogens is 1. The smallest absolute Gasteiger partial charge is 0.317 e. The van der Waals surface area contributed by atoms with Gasteiger partial charge >= 0.3 is 6.03 Å². The first-order valence-corrected chi connectivity index (χ1v) is 12.0. The van der Waals surface area contributed by atoms with Crippen LogP contribution in [-0.4, -0.2) is 71.3 Å². The maximum absolute atomic E-state index is 13.0. The first-order valence-electron chi connectivity index (χ1n) is 12.0. The number of urea groups is 1. The SMILES string of the molecule is CCCNC(=O)N1CCC2(CC1)CN(C(=O)CC)[C@@H](CO)c1c2c2ccc(OC)cc2n1C. The van der Waals surface area contributed by atoms with Gasteiger partial charge in [0.05, 0.1) is 25.3 Å². The number of hydrogen-bond acceptors (Lipinski definition) is 4. The molecule has 33 heavy (non-hydrogen) atoms. The van der Waals surface area contributed by atoms with Crippen molar-refractivity contribution in [3.63, 3.8) is 0 Å². The van der Waals surface area contributed by atoms with Crippen LogP contribution in [0.2, 0.25) is 0 Å². The van der Waals surface area contributed by atoms with Crippen LogP contribution in [0, 0.1) is 0 Å². The highest BCUT2D eigenvalue weighted by Gasteiger charge is 2.49. The second kappa shape index (κ2) is 9.25. The number of aryl methyl sites for hydroxylation is 1. The summed E-state index contributed by atoms with van der Waals surface area (Å²) < 4.78 is 7.59. The maximum Gasteiger partial charge on any atom is 0.317 e. The molecule has 2 aromatic rings. The van der Waals surface area contributed by atoms with Crippen molar-refractivity contribution in [3.05, 3.63) is 29.5 Å². The van der Waals surface area contributed by atoms with E-state index in [4.69, 9.17) is 4.74 Å². The predicted molar refractivity (Wildman–Crippen MR) is 127 cm³/mol. The number of rotatable bonds is 5. The maximum atomic E-state index is 13.0. The largest absolute Gasteiger partial charge is 0.497 e. The van der Waals surface area contributed by atoms with Gasteiger partial charge in [-0.2, -0.15) is 0 Å². The Balaban J connectivity index is 1.81. The first kappa shape index (κ1) is 23.4. The zero-order chi connectivity index (χ0) is 23.8. The molecule has 1 saturated heterocycles. The fourth-order valence-electron chi connectivity index (χ4n) is 5.71. The standard InChI is InChI=1S/C25H36N4O4/c1-5-11-26-24(32)28-12-9-25(10-13-28)16-29(21(31)6-2)20(15-30)23-22(25)18-8-7-17(33-4)14-19(18)27(23)3/h7-8,14,20,30H,5-6,9-13,15-16H2,1-4H3,(H,26,32)/t20-/m0/s1. The third-order valence-electron chi connectivity index (χ3n) is 7.48. The van der Waals surface area contributed by atoms with Gasteiger partial charge in [0.1, 0.15) is 5.75 Å². The molecule has 180 valence electrons. The molecule has 0 aliphatic carbocycles. The minimum atomic E-state index is -0.382. The van der Waals surface area contributed by atoms with Gasteiger partial charge < -0.3 is 29.5 Å². The summed E-state index contributed by atoms with van der Waals surface area (Å²) >= 11 is 0. The van der Waals surface area contributed by atoms with Crippen molar-refractivity contribution in [2.45, 2.75) is 51.0 Å². The van der Waals surface area contributed by atoms with Gasteiger partial charge in [-0.3, -0.25) is 4.79 Å². The molecule has 8 heteroatoms. The Kier molecular flexibility index (Phi) is 6.56. The van der Waals surface area contributed by atoms with Crippen molar-refractivity contribution in [2.75, 3.05) is 39.9 Å².